The number of amides is 4. The monoisotopic (exact) mass is 646 g/mol. The Morgan fingerprint density at radius 2 is 1.43 bits per heavy atom. The van der Waals surface area contributed by atoms with Crippen molar-refractivity contribution in [2.24, 2.45) is 5.92 Å². The summed E-state index contributed by atoms with van der Waals surface area (Å²) in [6, 6.07) is 13.0. The third kappa shape index (κ3) is 8.01. The third-order valence-corrected chi connectivity index (χ3v) is 9.18. The second-order valence-electron chi connectivity index (χ2n) is 12.5. The van der Waals surface area contributed by atoms with Crippen molar-refractivity contribution in [2.75, 3.05) is 41.4 Å². The quantitative estimate of drug-likeness (QED) is 0.258. The van der Waals surface area contributed by atoms with E-state index in [9.17, 15) is 24.0 Å². The van der Waals surface area contributed by atoms with Gasteiger partial charge in [0.1, 0.15) is 31.3 Å². The van der Waals surface area contributed by atoms with E-state index in [4.69, 9.17) is 9.47 Å². The molecule has 11 heteroatoms. The van der Waals surface area contributed by atoms with Crippen LogP contribution >= 0.6 is 0 Å². The molecule has 1 fully saturated rings. The summed E-state index contributed by atoms with van der Waals surface area (Å²) in [6.07, 6.45) is 3.60. The van der Waals surface area contributed by atoms with Gasteiger partial charge in [-0.1, -0.05) is 74.0 Å². The van der Waals surface area contributed by atoms with Crippen LogP contribution in [-0.2, 0) is 28.7 Å². The second kappa shape index (κ2) is 15.8. The number of likely N-dealkylation sites (N-methyl/N-ethyl adjacent to an activating group) is 3. The zero-order valence-electron chi connectivity index (χ0n) is 27.9. The normalized spacial score (nSPS) is 15.8. The zero-order chi connectivity index (χ0) is 34.2. The number of alkyl carbamates (subject to hydrolysis) is 1. The van der Waals surface area contributed by atoms with Crippen LogP contribution in [0.15, 0.2) is 61.2 Å². The van der Waals surface area contributed by atoms with Gasteiger partial charge >= 0.3 is 12.1 Å². The maximum Gasteiger partial charge on any atom is 0.407 e. The van der Waals surface area contributed by atoms with Crippen LogP contribution in [0.5, 0.6) is 0 Å². The number of nitrogens with zero attached hydrogens (tertiary/aromatic N) is 3. The fourth-order valence-electron chi connectivity index (χ4n) is 6.70. The molecule has 0 aliphatic heterocycles. The maximum absolute atomic E-state index is 14.1. The molecule has 0 bridgehead atoms. The Morgan fingerprint density at radius 3 is 1.98 bits per heavy atom. The second-order valence-corrected chi connectivity index (χ2v) is 12.5. The summed E-state index contributed by atoms with van der Waals surface area (Å²) in [6.45, 7) is 5.16. The molecule has 1 N–H and O–H groups in total. The average Bonchev–Trinajstić information content (AvgIpc) is 3.70. The fraction of sp³-hybridized carbons (Fsp3) is 0.472. The van der Waals surface area contributed by atoms with E-state index >= 15 is 0 Å². The van der Waals surface area contributed by atoms with Crippen LogP contribution < -0.4 is 5.32 Å². The van der Waals surface area contributed by atoms with Gasteiger partial charge in [-0.3, -0.25) is 19.2 Å². The van der Waals surface area contributed by atoms with Gasteiger partial charge in [-0.25, -0.2) is 4.79 Å². The molecule has 2 aromatic rings. The molecular formula is C36H46N4O7. The highest BCUT2D eigenvalue weighted by Crippen LogP contribution is 2.44. The molecule has 2 aliphatic carbocycles. The van der Waals surface area contributed by atoms with E-state index in [1.165, 1.54) is 34.9 Å². The molecule has 0 spiro atoms. The predicted molar refractivity (Wildman–Crippen MR) is 177 cm³/mol. The molecule has 2 aromatic carbocycles. The van der Waals surface area contributed by atoms with Crippen molar-refractivity contribution in [3.63, 3.8) is 0 Å². The van der Waals surface area contributed by atoms with Crippen molar-refractivity contribution in [2.45, 2.75) is 63.1 Å². The minimum Gasteiger partial charge on any atom is -0.461 e. The number of carbonyl (C=O) groups excluding carboxylic acids is 5. The van der Waals surface area contributed by atoms with Gasteiger partial charge in [0, 0.05) is 34.1 Å². The molecule has 4 rings (SSSR count). The number of rotatable bonds is 13. The van der Waals surface area contributed by atoms with Gasteiger partial charge < -0.3 is 29.5 Å². The molecule has 252 valence electrons. The molecule has 11 nitrogen and oxygen atoms in total. The topological polar surface area (TPSA) is 126 Å². The van der Waals surface area contributed by atoms with E-state index < -0.39 is 47.9 Å². The molecule has 0 aromatic heterocycles. The molecule has 47 heavy (non-hydrogen) atoms. The minimum atomic E-state index is -1.13. The summed E-state index contributed by atoms with van der Waals surface area (Å²) in [5, 5.41) is 2.64. The summed E-state index contributed by atoms with van der Waals surface area (Å²) in [5.74, 6) is -2.30. The molecule has 2 aliphatic rings. The van der Waals surface area contributed by atoms with Crippen LogP contribution in [0.25, 0.3) is 11.1 Å². The highest BCUT2D eigenvalue weighted by Gasteiger charge is 2.42. The van der Waals surface area contributed by atoms with Gasteiger partial charge in [-0.15, -0.1) is 0 Å². The molecule has 1 saturated carbocycles. The minimum absolute atomic E-state index is 0.0180. The van der Waals surface area contributed by atoms with Crippen LogP contribution in [0.4, 0.5) is 4.79 Å². The fourth-order valence-corrected chi connectivity index (χ4v) is 6.70. The van der Waals surface area contributed by atoms with Gasteiger partial charge in [-0.05, 0) is 47.9 Å². The van der Waals surface area contributed by atoms with Crippen molar-refractivity contribution >= 4 is 29.8 Å². The largest absolute Gasteiger partial charge is 0.461 e. The van der Waals surface area contributed by atoms with E-state index in [1.54, 1.807) is 21.0 Å². The van der Waals surface area contributed by atoms with Gasteiger partial charge in [0.05, 0.1) is 6.42 Å². The summed E-state index contributed by atoms with van der Waals surface area (Å²) >= 11 is 0. The molecule has 0 unspecified atom stereocenters. The maximum atomic E-state index is 14.1. The Morgan fingerprint density at radius 1 is 0.851 bits per heavy atom. The predicted octanol–water partition coefficient (Wildman–Crippen LogP) is 3.97. The van der Waals surface area contributed by atoms with Gasteiger partial charge in [0.25, 0.3) is 0 Å². The third-order valence-electron chi connectivity index (χ3n) is 9.18. The molecule has 4 amide bonds. The van der Waals surface area contributed by atoms with Crippen molar-refractivity contribution in [3.05, 3.63) is 72.3 Å². The van der Waals surface area contributed by atoms with E-state index in [0.717, 1.165) is 47.9 Å². The lowest BCUT2D eigenvalue weighted by Gasteiger charge is -2.38. The average molecular weight is 647 g/mol. The number of hydrogen-bond donors (Lipinski definition) is 1. The molecule has 0 heterocycles. The number of hydrogen-bond acceptors (Lipinski definition) is 7. The zero-order valence-corrected chi connectivity index (χ0v) is 27.9. The first-order valence-electron chi connectivity index (χ1n) is 16.1. The lowest BCUT2D eigenvalue weighted by Crippen LogP contribution is -2.59. The molecule has 0 saturated heterocycles. The van der Waals surface area contributed by atoms with Gasteiger partial charge in [-0.2, -0.15) is 0 Å². The van der Waals surface area contributed by atoms with Crippen LogP contribution in [0.3, 0.4) is 0 Å². The van der Waals surface area contributed by atoms with E-state index in [1.807, 2.05) is 36.4 Å². The van der Waals surface area contributed by atoms with Gasteiger partial charge in [0.2, 0.25) is 17.7 Å². The van der Waals surface area contributed by atoms with E-state index in [2.05, 4.69) is 24.0 Å². The van der Waals surface area contributed by atoms with Crippen molar-refractivity contribution in [3.8, 4) is 11.1 Å². The number of carbonyl (C=O) groups is 5. The summed E-state index contributed by atoms with van der Waals surface area (Å²) in [7, 11) is 6.09. The van der Waals surface area contributed by atoms with Crippen molar-refractivity contribution < 1.29 is 33.4 Å². The lowest BCUT2D eigenvalue weighted by molar-refractivity contribution is -0.155. The van der Waals surface area contributed by atoms with Crippen molar-refractivity contribution in [1.29, 1.82) is 0 Å². The van der Waals surface area contributed by atoms with E-state index in [0.29, 0.717) is 0 Å². The molecular weight excluding hydrogens is 600 g/mol. The number of esters is 1. The van der Waals surface area contributed by atoms with Gasteiger partial charge in [0.15, 0.2) is 0 Å². The number of nitrogens with one attached hydrogen (secondary N) is 1. The first-order chi connectivity index (χ1) is 22.5. The Hall–Kier alpha value is -4.67. The summed E-state index contributed by atoms with van der Waals surface area (Å²) in [4.78, 5) is 70.3. The summed E-state index contributed by atoms with van der Waals surface area (Å²) < 4.78 is 10.7. The smallest absolute Gasteiger partial charge is 0.407 e. The van der Waals surface area contributed by atoms with Crippen LogP contribution in [0.2, 0.25) is 0 Å². The Bertz CT molecular complexity index is 1440. The first-order valence-corrected chi connectivity index (χ1v) is 16.1. The Kier molecular flexibility index (Phi) is 11.8. The standard InChI is InChI=1S/C36H46N4O7/c1-7-20-46-31(41)21-30(34(43)38(3)4)39(5)35(44)32(24-14-8-9-15-24)40(6)33(42)23(2)37-36(45)47-22-29-27-18-12-10-16-25(27)26-17-11-13-19-28(26)29/h7,10-13,16-19,23-24,29-30,32H,1,8-9,14-15,20-22H2,2-6H3,(H,37,45)/t23-,30-,32-/m0/s1. The number of ether oxygens (including phenoxy) is 2. The number of fused-ring (bicyclic) bond motifs is 3. The van der Waals surface area contributed by atoms with E-state index in [-0.39, 0.29) is 31.5 Å². The molecule has 0 radical (unpaired) electrons. The van der Waals surface area contributed by atoms with Crippen LogP contribution in [0, 0.1) is 5.92 Å². The van der Waals surface area contributed by atoms with Crippen LogP contribution in [0.1, 0.15) is 56.1 Å². The number of benzene rings is 2. The first kappa shape index (κ1) is 35.2. The Labute approximate surface area is 276 Å². The lowest BCUT2D eigenvalue weighted by atomic mass is 9.94. The Balaban J connectivity index is 1.44. The van der Waals surface area contributed by atoms with Crippen LogP contribution in [-0.4, -0.2) is 104 Å². The SMILES string of the molecule is C=CCOC(=O)C[C@@H](C(=O)N(C)C)N(C)C(=O)[C@H](C1CCCC1)N(C)C(=O)[C@H](C)NC(=O)OCC1c2ccccc2-c2ccccc21. The van der Waals surface area contributed by atoms with Crippen molar-refractivity contribution in [1.82, 2.24) is 20.0 Å². The molecule has 3 atom stereocenters. The highest BCUT2D eigenvalue weighted by atomic mass is 16.5. The summed E-state index contributed by atoms with van der Waals surface area (Å²) in [5.41, 5.74) is 4.37. The highest BCUT2D eigenvalue weighted by molar-refractivity contribution is 5.95.